The van der Waals surface area contributed by atoms with Gasteiger partial charge in [-0.15, -0.1) is 0 Å². The van der Waals surface area contributed by atoms with Crippen molar-refractivity contribution < 1.29 is 4.79 Å². The molecule has 3 nitrogen and oxygen atoms in total. The lowest BCUT2D eigenvalue weighted by Gasteiger charge is -2.33. The summed E-state index contributed by atoms with van der Waals surface area (Å²) in [4.78, 5) is 11.2. The maximum absolute atomic E-state index is 11.2. The van der Waals surface area contributed by atoms with Crippen molar-refractivity contribution in [2.24, 2.45) is 11.1 Å². The van der Waals surface area contributed by atoms with Crippen LogP contribution in [-0.4, -0.2) is 18.0 Å². The zero-order valence-electron chi connectivity index (χ0n) is 10.9. The molecule has 0 aromatic carbocycles. The number of carbonyl (C=O) groups is 1. The van der Waals surface area contributed by atoms with Gasteiger partial charge in [0.15, 0.2) is 0 Å². The van der Waals surface area contributed by atoms with Crippen LogP contribution < -0.4 is 11.1 Å². The van der Waals surface area contributed by atoms with Gasteiger partial charge in [-0.3, -0.25) is 4.79 Å². The van der Waals surface area contributed by atoms with Gasteiger partial charge >= 0.3 is 0 Å². The third-order valence-corrected chi connectivity index (χ3v) is 3.85. The second kappa shape index (κ2) is 5.17. The van der Waals surface area contributed by atoms with E-state index in [9.17, 15) is 4.79 Å². The van der Waals surface area contributed by atoms with Gasteiger partial charge in [0.25, 0.3) is 0 Å². The largest absolute Gasteiger partial charge is 0.370 e. The summed E-state index contributed by atoms with van der Waals surface area (Å²) in [5.74, 6) is -0.180. The molecule has 0 aromatic rings. The zero-order chi connectivity index (χ0) is 12.2. The number of amides is 1. The van der Waals surface area contributed by atoms with Crippen molar-refractivity contribution in [1.82, 2.24) is 5.32 Å². The van der Waals surface area contributed by atoms with Crippen molar-refractivity contribution in [2.75, 3.05) is 6.54 Å². The van der Waals surface area contributed by atoms with Gasteiger partial charge in [0.2, 0.25) is 5.91 Å². The first-order valence-electron chi connectivity index (χ1n) is 6.42. The molecule has 3 N–H and O–H groups in total. The maximum atomic E-state index is 11.2. The summed E-state index contributed by atoms with van der Waals surface area (Å²) in [6.45, 7) is 7.64. The molecular weight excluding hydrogens is 200 g/mol. The van der Waals surface area contributed by atoms with Gasteiger partial charge in [-0.25, -0.2) is 0 Å². The monoisotopic (exact) mass is 226 g/mol. The lowest BCUT2D eigenvalue weighted by Crippen LogP contribution is -2.47. The van der Waals surface area contributed by atoms with Crippen LogP contribution in [0.2, 0.25) is 0 Å². The Balaban J connectivity index is 2.73. The molecule has 1 unspecified atom stereocenters. The van der Waals surface area contributed by atoms with Gasteiger partial charge in [0.05, 0.1) is 0 Å². The molecule has 1 rings (SSSR count). The Morgan fingerprint density at radius 2 is 1.94 bits per heavy atom. The Hall–Kier alpha value is -0.570. The first-order chi connectivity index (χ1) is 7.39. The lowest BCUT2D eigenvalue weighted by molar-refractivity contribution is -0.119. The van der Waals surface area contributed by atoms with Crippen LogP contribution in [0.25, 0.3) is 0 Å². The smallest absolute Gasteiger partial charge is 0.219 e. The minimum Gasteiger partial charge on any atom is -0.370 e. The minimum absolute atomic E-state index is 0.0334. The second-order valence-electron chi connectivity index (χ2n) is 5.97. The molecule has 16 heavy (non-hydrogen) atoms. The molecule has 0 radical (unpaired) electrons. The third-order valence-electron chi connectivity index (χ3n) is 3.85. The van der Waals surface area contributed by atoms with E-state index in [0.717, 1.165) is 19.4 Å². The summed E-state index contributed by atoms with van der Waals surface area (Å²) < 4.78 is 0. The van der Waals surface area contributed by atoms with E-state index in [2.05, 4.69) is 26.1 Å². The Bertz CT molecular complexity index is 250. The predicted octanol–water partition coefficient (Wildman–Crippen LogP) is 2.20. The van der Waals surface area contributed by atoms with E-state index in [1.54, 1.807) is 0 Å². The van der Waals surface area contributed by atoms with Crippen molar-refractivity contribution in [3.63, 3.8) is 0 Å². The number of nitrogens with one attached hydrogen (secondary N) is 1. The Kier molecular flexibility index (Phi) is 4.36. The summed E-state index contributed by atoms with van der Waals surface area (Å²) in [6, 6.07) is 0. The molecule has 0 saturated heterocycles. The van der Waals surface area contributed by atoms with E-state index in [1.165, 1.54) is 19.3 Å². The van der Waals surface area contributed by atoms with Crippen LogP contribution in [-0.2, 0) is 4.79 Å². The molecule has 1 saturated carbocycles. The molecule has 1 atom stereocenters. The fraction of sp³-hybridized carbons (Fsp3) is 0.923. The first-order valence-corrected chi connectivity index (χ1v) is 6.42. The first kappa shape index (κ1) is 13.5. The van der Waals surface area contributed by atoms with Gasteiger partial charge in [0, 0.05) is 12.0 Å². The quantitative estimate of drug-likeness (QED) is 0.722. The summed E-state index contributed by atoms with van der Waals surface area (Å²) >= 11 is 0. The van der Waals surface area contributed by atoms with Crippen molar-refractivity contribution in [3.05, 3.63) is 0 Å². The number of carbonyl (C=O) groups excluding carboxylic acids is 1. The SMILES string of the molecule is CCNC1(CC(N)=O)CCCC(C)(C)CC1. The number of nitrogens with two attached hydrogens (primary N) is 1. The molecule has 0 aromatic heterocycles. The molecular formula is C13H26N2O. The molecule has 0 spiro atoms. The molecule has 3 heteroatoms. The van der Waals surface area contributed by atoms with E-state index < -0.39 is 0 Å². The van der Waals surface area contributed by atoms with Gasteiger partial charge in [0.1, 0.15) is 0 Å². The molecule has 1 fully saturated rings. The highest BCUT2D eigenvalue weighted by atomic mass is 16.1. The van der Waals surface area contributed by atoms with Gasteiger partial charge < -0.3 is 11.1 Å². The normalized spacial score (nSPS) is 29.7. The summed E-state index contributed by atoms with van der Waals surface area (Å²) in [5, 5.41) is 3.51. The van der Waals surface area contributed by atoms with Gasteiger partial charge in [-0.2, -0.15) is 0 Å². The van der Waals surface area contributed by atoms with E-state index >= 15 is 0 Å². The molecule has 1 aliphatic carbocycles. The highest BCUT2D eigenvalue weighted by Gasteiger charge is 2.35. The van der Waals surface area contributed by atoms with Crippen LogP contribution in [0.5, 0.6) is 0 Å². The topological polar surface area (TPSA) is 55.1 Å². The maximum Gasteiger partial charge on any atom is 0.219 e. The van der Waals surface area contributed by atoms with Gasteiger partial charge in [-0.05, 0) is 37.6 Å². The van der Waals surface area contributed by atoms with Crippen LogP contribution in [0.3, 0.4) is 0 Å². The number of hydrogen-bond donors (Lipinski definition) is 2. The van der Waals surface area contributed by atoms with E-state index in [0.29, 0.717) is 11.8 Å². The lowest BCUT2D eigenvalue weighted by atomic mass is 9.82. The molecule has 0 bridgehead atoms. The molecule has 1 aliphatic rings. The molecule has 1 amide bonds. The highest BCUT2D eigenvalue weighted by molar-refractivity contribution is 5.75. The third kappa shape index (κ3) is 3.78. The van der Waals surface area contributed by atoms with E-state index in [-0.39, 0.29) is 11.4 Å². The van der Waals surface area contributed by atoms with Crippen molar-refractivity contribution in [1.29, 1.82) is 0 Å². The van der Waals surface area contributed by atoms with Crippen molar-refractivity contribution in [2.45, 2.75) is 64.8 Å². The van der Waals surface area contributed by atoms with Crippen LogP contribution in [0.15, 0.2) is 0 Å². The van der Waals surface area contributed by atoms with Crippen LogP contribution in [0.1, 0.15) is 59.3 Å². The predicted molar refractivity (Wildman–Crippen MR) is 67.1 cm³/mol. The Morgan fingerprint density at radius 3 is 2.50 bits per heavy atom. The average molecular weight is 226 g/mol. The number of hydrogen-bond acceptors (Lipinski definition) is 2. The number of primary amides is 1. The standard InChI is InChI=1S/C13H26N2O/c1-4-15-13(10-11(14)16)7-5-6-12(2,3)8-9-13/h15H,4-10H2,1-3H3,(H2,14,16). The molecule has 0 aliphatic heterocycles. The molecule has 0 heterocycles. The second-order valence-corrected chi connectivity index (χ2v) is 5.97. The summed E-state index contributed by atoms with van der Waals surface area (Å²) in [7, 11) is 0. The van der Waals surface area contributed by atoms with Crippen molar-refractivity contribution in [3.8, 4) is 0 Å². The molecule has 94 valence electrons. The fourth-order valence-electron chi connectivity index (χ4n) is 2.86. The van der Waals surface area contributed by atoms with Crippen LogP contribution >= 0.6 is 0 Å². The van der Waals surface area contributed by atoms with E-state index in [1.807, 2.05) is 0 Å². The summed E-state index contributed by atoms with van der Waals surface area (Å²) in [6.07, 6.45) is 6.24. The van der Waals surface area contributed by atoms with Crippen molar-refractivity contribution >= 4 is 5.91 Å². The summed E-state index contributed by atoms with van der Waals surface area (Å²) in [5.41, 5.74) is 5.76. The van der Waals surface area contributed by atoms with Crippen LogP contribution in [0, 0.1) is 5.41 Å². The Labute approximate surface area is 99.2 Å². The van der Waals surface area contributed by atoms with E-state index in [4.69, 9.17) is 5.73 Å². The minimum atomic E-state index is -0.180. The number of rotatable bonds is 4. The highest BCUT2D eigenvalue weighted by Crippen LogP contribution is 2.39. The fourth-order valence-corrected chi connectivity index (χ4v) is 2.86. The van der Waals surface area contributed by atoms with Crippen LogP contribution in [0.4, 0.5) is 0 Å². The Morgan fingerprint density at radius 1 is 1.25 bits per heavy atom. The van der Waals surface area contributed by atoms with Gasteiger partial charge in [-0.1, -0.05) is 27.2 Å². The zero-order valence-corrected chi connectivity index (χ0v) is 10.9. The average Bonchev–Trinajstić information content (AvgIpc) is 2.26.